The second kappa shape index (κ2) is 5.33. The Kier molecular flexibility index (Phi) is 3.55. The highest BCUT2D eigenvalue weighted by atomic mass is 32.2. The molecule has 1 heterocycles. The van der Waals surface area contributed by atoms with Crippen LogP contribution in [-0.2, 0) is 6.61 Å². The van der Waals surface area contributed by atoms with E-state index in [1.807, 2.05) is 35.7 Å². The first-order valence-electron chi connectivity index (χ1n) is 5.82. The third-order valence-electron chi connectivity index (χ3n) is 2.88. The molecule has 1 nitrogen and oxygen atoms in total. The Hall–Kier alpha value is -1.36. The predicted octanol–water partition coefficient (Wildman–Crippen LogP) is 4.68. The quantitative estimate of drug-likeness (QED) is 0.755. The van der Waals surface area contributed by atoms with Crippen molar-refractivity contribution in [2.45, 2.75) is 16.4 Å². The van der Waals surface area contributed by atoms with Crippen LogP contribution in [-0.4, -0.2) is 5.11 Å². The van der Waals surface area contributed by atoms with Crippen LogP contribution in [0, 0.1) is 5.82 Å². The van der Waals surface area contributed by atoms with Crippen molar-refractivity contribution in [3.8, 4) is 0 Å². The van der Waals surface area contributed by atoms with Crippen molar-refractivity contribution in [1.82, 2.24) is 0 Å². The number of halogens is 1. The maximum absolute atomic E-state index is 13.9. The molecule has 0 unspecified atom stereocenters. The molecule has 4 heteroatoms. The van der Waals surface area contributed by atoms with Gasteiger partial charge in [0.1, 0.15) is 5.82 Å². The minimum absolute atomic E-state index is 0.00623. The summed E-state index contributed by atoms with van der Waals surface area (Å²) < 4.78 is 14.9. The highest BCUT2D eigenvalue weighted by Crippen LogP contribution is 2.39. The molecule has 3 rings (SSSR count). The first-order chi connectivity index (χ1) is 9.29. The molecule has 3 aromatic rings. The highest BCUT2D eigenvalue weighted by molar-refractivity contribution is 7.99. The first kappa shape index (κ1) is 12.7. The molecule has 2 aromatic carbocycles. The van der Waals surface area contributed by atoms with Gasteiger partial charge in [0, 0.05) is 25.3 Å². The van der Waals surface area contributed by atoms with E-state index < -0.39 is 0 Å². The fraction of sp³-hybridized carbons (Fsp3) is 0.0667. The summed E-state index contributed by atoms with van der Waals surface area (Å²) in [5.74, 6) is -0.192. The van der Waals surface area contributed by atoms with Crippen molar-refractivity contribution in [3.05, 3.63) is 59.2 Å². The van der Waals surface area contributed by atoms with Crippen LogP contribution in [0.5, 0.6) is 0 Å². The smallest absolute Gasteiger partial charge is 0.133 e. The lowest BCUT2D eigenvalue weighted by molar-refractivity contribution is 0.279. The van der Waals surface area contributed by atoms with Gasteiger partial charge in [-0.1, -0.05) is 36.0 Å². The fourth-order valence-electron chi connectivity index (χ4n) is 1.95. The fourth-order valence-corrected chi connectivity index (χ4v) is 4.14. The van der Waals surface area contributed by atoms with E-state index in [2.05, 4.69) is 0 Å². The van der Waals surface area contributed by atoms with Crippen molar-refractivity contribution < 1.29 is 9.50 Å². The summed E-state index contributed by atoms with van der Waals surface area (Å²) in [5.41, 5.74) is 0.864. The van der Waals surface area contributed by atoms with Crippen LogP contribution in [0.2, 0.25) is 0 Å². The third kappa shape index (κ3) is 2.39. The average Bonchev–Trinajstić information content (AvgIpc) is 2.84. The summed E-state index contributed by atoms with van der Waals surface area (Å²) in [6.07, 6.45) is 0. The molecular formula is C15H11FOS2. The van der Waals surface area contributed by atoms with E-state index in [1.165, 1.54) is 29.2 Å². The molecule has 0 saturated heterocycles. The molecule has 0 saturated carbocycles. The Morgan fingerprint density at radius 1 is 1.05 bits per heavy atom. The van der Waals surface area contributed by atoms with Crippen LogP contribution in [0.3, 0.4) is 0 Å². The number of rotatable bonds is 3. The van der Waals surface area contributed by atoms with Crippen LogP contribution in [0.15, 0.2) is 57.6 Å². The van der Waals surface area contributed by atoms with Crippen molar-refractivity contribution in [3.63, 3.8) is 0 Å². The van der Waals surface area contributed by atoms with E-state index in [1.54, 1.807) is 6.07 Å². The van der Waals surface area contributed by atoms with Crippen LogP contribution in [0.4, 0.5) is 4.39 Å². The molecule has 1 aromatic heterocycles. The Morgan fingerprint density at radius 3 is 2.74 bits per heavy atom. The lowest BCUT2D eigenvalue weighted by atomic mass is 10.2. The van der Waals surface area contributed by atoms with Crippen LogP contribution in [0.1, 0.15) is 5.56 Å². The molecule has 0 aliphatic carbocycles. The Balaban J connectivity index is 2.06. The largest absolute Gasteiger partial charge is 0.392 e. The molecule has 0 fully saturated rings. The van der Waals surface area contributed by atoms with Gasteiger partial charge in [-0.25, -0.2) is 4.39 Å². The summed E-state index contributed by atoms with van der Waals surface area (Å²) in [7, 11) is 0. The van der Waals surface area contributed by atoms with Gasteiger partial charge in [0.25, 0.3) is 0 Å². The van der Waals surface area contributed by atoms with E-state index in [0.29, 0.717) is 5.39 Å². The normalized spacial score (nSPS) is 11.1. The third-order valence-corrected chi connectivity index (χ3v) is 5.13. The number of hydrogen-bond acceptors (Lipinski definition) is 3. The highest BCUT2D eigenvalue weighted by Gasteiger charge is 2.11. The van der Waals surface area contributed by atoms with Gasteiger partial charge in [0.15, 0.2) is 0 Å². The second-order valence-corrected chi connectivity index (χ2v) is 6.08. The number of aliphatic hydroxyl groups excluding tert-OH is 1. The molecule has 0 spiro atoms. The Labute approximate surface area is 118 Å². The molecule has 1 N–H and O–H groups in total. The summed E-state index contributed by atoms with van der Waals surface area (Å²) in [6, 6.07) is 12.8. The molecule has 0 aliphatic rings. The van der Waals surface area contributed by atoms with Gasteiger partial charge < -0.3 is 5.11 Å². The van der Waals surface area contributed by atoms with Gasteiger partial charge >= 0.3 is 0 Å². The van der Waals surface area contributed by atoms with E-state index in [-0.39, 0.29) is 12.4 Å². The first-order valence-corrected chi connectivity index (χ1v) is 7.51. The summed E-state index contributed by atoms with van der Waals surface area (Å²) >= 11 is 3.04. The summed E-state index contributed by atoms with van der Waals surface area (Å²) in [4.78, 5) is 1.87. The Bertz CT molecular complexity index is 721. The molecule has 96 valence electrons. The second-order valence-electron chi connectivity index (χ2n) is 4.08. The maximum Gasteiger partial charge on any atom is 0.133 e. The van der Waals surface area contributed by atoms with E-state index in [9.17, 15) is 9.50 Å². The van der Waals surface area contributed by atoms with Crippen LogP contribution >= 0.6 is 23.1 Å². The minimum Gasteiger partial charge on any atom is -0.392 e. The topological polar surface area (TPSA) is 20.2 Å². The molecule has 0 aliphatic heterocycles. The van der Waals surface area contributed by atoms with Crippen LogP contribution < -0.4 is 0 Å². The van der Waals surface area contributed by atoms with Gasteiger partial charge in [0.2, 0.25) is 0 Å². The zero-order valence-electron chi connectivity index (χ0n) is 9.97. The van der Waals surface area contributed by atoms with E-state index in [4.69, 9.17) is 0 Å². The SMILES string of the molecule is OCc1ccccc1Sc1csc2cccc(F)c12. The number of fused-ring (bicyclic) bond motifs is 1. The number of thiophene rings is 1. The van der Waals surface area contributed by atoms with Gasteiger partial charge in [-0.2, -0.15) is 0 Å². The lowest BCUT2D eigenvalue weighted by Crippen LogP contribution is -1.86. The molecular weight excluding hydrogens is 279 g/mol. The van der Waals surface area contributed by atoms with E-state index in [0.717, 1.165) is 20.1 Å². The van der Waals surface area contributed by atoms with Crippen molar-refractivity contribution in [2.24, 2.45) is 0 Å². The zero-order valence-corrected chi connectivity index (χ0v) is 11.6. The van der Waals surface area contributed by atoms with Gasteiger partial charge in [-0.05, 0) is 23.8 Å². The predicted molar refractivity (Wildman–Crippen MR) is 78.3 cm³/mol. The van der Waals surface area contributed by atoms with Crippen LogP contribution in [0.25, 0.3) is 10.1 Å². The Morgan fingerprint density at radius 2 is 1.89 bits per heavy atom. The van der Waals surface area contributed by atoms with Crippen molar-refractivity contribution in [1.29, 1.82) is 0 Å². The average molecular weight is 290 g/mol. The van der Waals surface area contributed by atoms with E-state index >= 15 is 0 Å². The molecule has 0 atom stereocenters. The number of aliphatic hydroxyl groups is 1. The lowest BCUT2D eigenvalue weighted by Gasteiger charge is -2.06. The van der Waals surface area contributed by atoms with Gasteiger partial charge in [-0.15, -0.1) is 11.3 Å². The number of hydrogen-bond donors (Lipinski definition) is 1. The minimum atomic E-state index is -0.192. The molecule has 19 heavy (non-hydrogen) atoms. The maximum atomic E-state index is 13.9. The molecule has 0 amide bonds. The molecule has 0 radical (unpaired) electrons. The summed E-state index contributed by atoms with van der Waals surface area (Å²) in [6.45, 7) is -0.00623. The molecule has 0 bridgehead atoms. The standard InChI is InChI=1S/C15H11FOS2/c16-11-5-3-7-13-15(11)14(9-18-13)19-12-6-2-1-4-10(12)8-17/h1-7,9,17H,8H2. The van der Waals surface area contributed by atoms with Gasteiger partial charge in [0.05, 0.1) is 6.61 Å². The van der Waals surface area contributed by atoms with Crippen molar-refractivity contribution in [2.75, 3.05) is 0 Å². The zero-order chi connectivity index (χ0) is 13.2. The van der Waals surface area contributed by atoms with Crippen molar-refractivity contribution >= 4 is 33.2 Å². The number of benzene rings is 2. The monoisotopic (exact) mass is 290 g/mol. The van der Waals surface area contributed by atoms with Gasteiger partial charge in [-0.3, -0.25) is 0 Å². The summed E-state index contributed by atoms with van der Waals surface area (Å²) in [5, 5.41) is 12.0.